The number of hydrogen-bond acceptors (Lipinski definition) is 5. The van der Waals surface area contributed by atoms with E-state index in [0.717, 1.165) is 26.2 Å². The lowest BCUT2D eigenvalue weighted by Crippen LogP contribution is -2.23. The number of aromatic nitrogens is 1. The molecule has 0 spiro atoms. The Kier molecular flexibility index (Phi) is 5.83. The van der Waals surface area contributed by atoms with Crippen molar-refractivity contribution >= 4 is 28.6 Å². The van der Waals surface area contributed by atoms with Gasteiger partial charge in [0.25, 0.3) is 0 Å². The molecule has 0 saturated carbocycles. The van der Waals surface area contributed by atoms with E-state index in [0.29, 0.717) is 19.6 Å². The first-order valence-corrected chi connectivity index (χ1v) is 9.77. The van der Waals surface area contributed by atoms with Gasteiger partial charge in [-0.25, -0.2) is 4.98 Å². The molecule has 0 fully saturated rings. The quantitative estimate of drug-likeness (QED) is 0.661. The van der Waals surface area contributed by atoms with E-state index in [9.17, 15) is 4.79 Å². The maximum atomic E-state index is 11.9. The third kappa shape index (κ3) is 5.14. The van der Waals surface area contributed by atoms with Gasteiger partial charge < -0.3 is 10.1 Å². The lowest BCUT2D eigenvalue weighted by molar-refractivity contribution is -0.121. The van der Waals surface area contributed by atoms with Crippen LogP contribution in [0.3, 0.4) is 0 Å². The summed E-state index contributed by atoms with van der Waals surface area (Å²) in [5.74, 6) is 0.784. The van der Waals surface area contributed by atoms with E-state index in [1.807, 2.05) is 44.2 Å². The number of carbonyl (C=O) groups excluding carboxylic acids is 1. The van der Waals surface area contributed by atoms with E-state index in [2.05, 4.69) is 21.7 Å². The fourth-order valence-corrected chi connectivity index (χ4v) is 3.85. The van der Waals surface area contributed by atoms with Crippen molar-refractivity contribution in [1.29, 1.82) is 0 Å². The largest absolute Gasteiger partial charge is 0.493 e. The summed E-state index contributed by atoms with van der Waals surface area (Å²) < 4.78 is 5.58. The van der Waals surface area contributed by atoms with Crippen molar-refractivity contribution in [2.45, 2.75) is 26.8 Å². The third-order valence-electron chi connectivity index (χ3n) is 3.61. The maximum Gasteiger partial charge on any atom is 0.223 e. The lowest BCUT2D eigenvalue weighted by Gasteiger charge is -2.07. The van der Waals surface area contributed by atoms with E-state index in [-0.39, 0.29) is 5.91 Å². The second kappa shape index (κ2) is 8.27. The van der Waals surface area contributed by atoms with Crippen LogP contribution in [-0.2, 0) is 11.3 Å². The van der Waals surface area contributed by atoms with Crippen LogP contribution >= 0.6 is 22.7 Å². The number of ether oxygens (including phenoxy) is 1. The Morgan fingerprint density at radius 3 is 2.68 bits per heavy atom. The molecule has 130 valence electrons. The number of thiophene rings is 1. The van der Waals surface area contributed by atoms with Crippen LogP contribution in [0.2, 0.25) is 0 Å². The molecule has 1 N–H and O–H groups in total. The van der Waals surface area contributed by atoms with Gasteiger partial charge in [0.1, 0.15) is 5.75 Å². The standard InChI is InChI=1S/C19H20N2O2S2/c1-13-3-5-15(6-4-13)23-10-9-19(22)20-11-16-7-8-18(25-16)17-12-24-14(2)21-17/h3-8,12H,9-11H2,1-2H3,(H,20,22). The fraction of sp³-hybridized carbons (Fsp3) is 0.263. The van der Waals surface area contributed by atoms with Gasteiger partial charge >= 0.3 is 0 Å². The van der Waals surface area contributed by atoms with E-state index in [4.69, 9.17) is 4.74 Å². The van der Waals surface area contributed by atoms with E-state index < -0.39 is 0 Å². The summed E-state index contributed by atoms with van der Waals surface area (Å²) in [7, 11) is 0. The zero-order valence-electron chi connectivity index (χ0n) is 14.2. The van der Waals surface area contributed by atoms with Crippen LogP contribution in [-0.4, -0.2) is 17.5 Å². The van der Waals surface area contributed by atoms with Crippen LogP contribution in [0.4, 0.5) is 0 Å². The van der Waals surface area contributed by atoms with Gasteiger partial charge in [0.05, 0.1) is 35.2 Å². The van der Waals surface area contributed by atoms with Gasteiger partial charge in [0, 0.05) is 10.3 Å². The first-order valence-electron chi connectivity index (χ1n) is 8.07. The molecule has 2 heterocycles. The monoisotopic (exact) mass is 372 g/mol. The molecule has 3 rings (SSSR count). The van der Waals surface area contributed by atoms with E-state index >= 15 is 0 Å². The topological polar surface area (TPSA) is 51.2 Å². The molecule has 6 heteroatoms. The molecule has 3 aromatic rings. The predicted molar refractivity (Wildman–Crippen MR) is 103 cm³/mol. The molecule has 25 heavy (non-hydrogen) atoms. The summed E-state index contributed by atoms with van der Waals surface area (Å²) in [6, 6.07) is 11.9. The molecule has 2 aromatic heterocycles. The normalized spacial score (nSPS) is 10.6. The molecular formula is C19H20N2O2S2. The summed E-state index contributed by atoms with van der Waals surface area (Å²) >= 11 is 3.31. The SMILES string of the molecule is Cc1ccc(OCCC(=O)NCc2ccc(-c3csc(C)n3)s2)cc1. The molecular weight excluding hydrogens is 352 g/mol. The number of nitrogens with one attached hydrogen (secondary N) is 1. The molecule has 0 radical (unpaired) electrons. The zero-order valence-corrected chi connectivity index (χ0v) is 15.9. The molecule has 1 aromatic carbocycles. The van der Waals surface area contributed by atoms with Crippen molar-refractivity contribution in [2.75, 3.05) is 6.61 Å². The molecule has 1 amide bonds. The summed E-state index contributed by atoms with van der Waals surface area (Å²) in [4.78, 5) is 18.7. The molecule has 0 bridgehead atoms. The van der Waals surface area contributed by atoms with Crippen molar-refractivity contribution in [2.24, 2.45) is 0 Å². The third-order valence-corrected chi connectivity index (χ3v) is 5.49. The van der Waals surface area contributed by atoms with Crippen LogP contribution in [0.1, 0.15) is 21.9 Å². The summed E-state index contributed by atoms with van der Waals surface area (Å²) in [6.07, 6.45) is 0.345. The Bertz CT molecular complexity index is 837. The number of benzene rings is 1. The number of nitrogens with zero attached hydrogens (tertiary/aromatic N) is 1. The second-order valence-electron chi connectivity index (χ2n) is 5.71. The van der Waals surface area contributed by atoms with Gasteiger partial charge in [-0.05, 0) is 38.1 Å². The molecule has 4 nitrogen and oxygen atoms in total. The number of carbonyl (C=O) groups is 1. The fourth-order valence-electron chi connectivity index (χ4n) is 2.26. The number of rotatable bonds is 7. The lowest BCUT2D eigenvalue weighted by atomic mass is 10.2. The molecule has 0 aliphatic heterocycles. The predicted octanol–water partition coefficient (Wildman–Crippen LogP) is 4.57. The smallest absolute Gasteiger partial charge is 0.223 e. The van der Waals surface area contributed by atoms with E-state index in [1.165, 1.54) is 5.56 Å². The highest BCUT2D eigenvalue weighted by Crippen LogP contribution is 2.28. The molecule has 0 saturated heterocycles. The highest BCUT2D eigenvalue weighted by Gasteiger charge is 2.07. The van der Waals surface area contributed by atoms with Gasteiger partial charge in [-0.1, -0.05) is 17.7 Å². The first kappa shape index (κ1) is 17.6. The Morgan fingerprint density at radius 1 is 1.16 bits per heavy atom. The molecule has 0 unspecified atom stereocenters. The number of aryl methyl sites for hydroxylation is 2. The first-order chi connectivity index (χ1) is 12.1. The minimum Gasteiger partial charge on any atom is -0.493 e. The second-order valence-corrected chi connectivity index (χ2v) is 7.94. The van der Waals surface area contributed by atoms with Crippen LogP contribution < -0.4 is 10.1 Å². The Labute approximate surface area is 155 Å². The van der Waals surface area contributed by atoms with Gasteiger partial charge in [-0.3, -0.25) is 4.79 Å². The molecule has 0 aliphatic rings. The highest BCUT2D eigenvalue weighted by atomic mass is 32.1. The van der Waals surface area contributed by atoms with Crippen LogP contribution in [0, 0.1) is 13.8 Å². The van der Waals surface area contributed by atoms with Crippen molar-refractivity contribution in [1.82, 2.24) is 10.3 Å². The minimum absolute atomic E-state index is 0.00781. The Hall–Kier alpha value is -2.18. The number of thiazole rings is 1. The van der Waals surface area contributed by atoms with Crippen molar-refractivity contribution < 1.29 is 9.53 Å². The van der Waals surface area contributed by atoms with Crippen molar-refractivity contribution in [3.8, 4) is 16.3 Å². The summed E-state index contributed by atoms with van der Waals surface area (Å²) in [6.45, 7) is 4.95. The van der Waals surface area contributed by atoms with Gasteiger partial charge in [0.15, 0.2) is 0 Å². The minimum atomic E-state index is -0.00781. The Balaban J connectivity index is 1.41. The Morgan fingerprint density at radius 2 is 1.96 bits per heavy atom. The summed E-state index contributed by atoms with van der Waals surface area (Å²) in [5, 5.41) is 6.06. The van der Waals surface area contributed by atoms with Crippen LogP contribution in [0.15, 0.2) is 41.8 Å². The van der Waals surface area contributed by atoms with Gasteiger partial charge in [0.2, 0.25) is 5.91 Å². The molecule has 0 aliphatic carbocycles. The van der Waals surface area contributed by atoms with Crippen LogP contribution in [0.5, 0.6) is 5.75 Å². The van der Waals surface area contributed by atoms with Gasteiger partial charge in [-0.15, -0.1) is 22.7 Å². The van der Waals surface area contributed by atoms with Gasteiger partial charge in [-0.2, -0.15) is 0 Å². The summed E-state index contributed by atoms with van der Waals surface area (Å²) in [5.41, 5.74) is 2.20. The van der Waals surface area contributed by atoms with E-state index in [1.54, 1.807) is 22.7 Å². The average molecular weight is 373 g/mol. The van der Waals surface area contributed by atoms with Crippen molar-refractivity contribution in [3.63, 3.8) is 0 Å². The maximum absolute atomic E-state index is 11.9. The number of hydrogen-bond donors (Lipinski definition) is 1. The zero-order chi connectivity index (χ0) is 17.6. The molecule has 0 atom stereocenters. The average Bonchev–Trinajstić information content (AvgIpc) is 3.23. The van der Waals surface area contributed by atoms with Crippen LogP contribution in [0.25, 0.3) is 10.6 Å². The number of amides is 1. The highest BCUT2D eigenvalue weighted by molar-refractivity contribution is 7.16. The van der Waals surface area contributed by atoms with Crippen molar-refractivity contribution in [3.05, 3.63) is 57.2 Å².